The van der Waals surface area contributed by atoms with Crippen molar-refractivity contribution in [1.82, 2.24) is 15.0 Å². The molecule has 0 aliphatic heterocycles. The van der Waals surface area contributed by atoms with Gasteiger partial charge in [0.05, 0.1) is 11.9 Å². The molecule has 0 radical (unpaired) electrons. The zero-order chi connectivity index (χ0) is 12.1. The predicted octanol–water partition coefficient (Wildman–Crippen LogP) is 1.69. The van der Waals surface area contributed by atoms with E-state index in [-0.39, 0.29) is 5.82 Å². The van der Waals surface area contributed by atoms with E-state index >= 15 is 0 Å². The highest BCUT2D eigenvalue weighted by atomic mass is 19.1. The number of aromatic nitrogens is 3. The van der Waals surface area contributed by atoms with Gasteiger partial charge in [0.15, 0.2) is 0 Å². The Morgan fingerprint density at radius 2 is 2.06 bits per heavy atom. The number of nitrogens with two attached hydrogens (primary N) is 1. The average molecular weight is 234 g/mol. The Bertz CT molecular complexity index is 481. The summed E-state index contributed by atoms with van der Waals surface area (Å²) >= 11 is 0. The summed E-state index contributed by atoms with van der Waals surface area (Å²) in [5.41, 5.74) is 6.70. The van der Waals surface area contributed by atoms with Crippen LogP contribution in [0, 0.1) is 5.82 Å². The predicted molar refractivity (Wildman–Crippen MR) is 63.3 cm³/mol. The Labute approximate surface area is 99.2 Å². The first-order valence-electron chi connectivity index (χ1n) is 5.67. The molecule has 17 heavy (non-hydrogen) atoms. The van der Waals surface area contributed by atoms with E-state index in [2.05, 4.69) is 10.3 Å². The molecule has 2 aromatic rings. The molecular formula is C12H15FN4. The minimum atomic E-state index is -0.300. The molecule has 1 heterocycles. The SMILES string of the molecule is NCCCCc1cn(-c2ccccc2F)nn1. The molecule has 1 aromatic heterocycles. The van der Waals surface area contributed by atoms with E-state index in [0.29, 0.717) is 12.2 Å². The smallest absolute Gasteiger partial charge is 0.148 e. The van der Waals surface area contributed by atoms with Crippen LogP contribution in [-0.2, 0) is 6.42 Å². The van der Waals surface area contributed by atoms with E-state index in [9.17, 15) is 4.39 Å². The number of hydrogen-bond donors (Lipinski definition) is 1. The largest absolute Gasteiger partial charge is 0.330 e. The number of benzene rings is 1. The zero-order valence-corrected chi connectivity index (χ0v) is 9.51. The van der Waals surface area contributed by atoms with Crippen molar-refractivity contribution >= 4 is 0 Å². The van der Waals surface area contributed by atoms with Gasteiger partial charge in [-0.25, -0.2) is 9.07 Å². The minimum absolute atomic E-state index is 0.300. The summed E-state index contributed by atoms with van der Waals surface area (Å²) in [7, 11) is 0. The van der Waals surface area contributed by atoms with Crippen LogP contribution in [0.3, 0.4) is 0 Å². The third-order valence-corrected chi connectivity index (χ3v) is 2.53. The van der Waals surface area contributed by atoms with Gasteiger partial charge in [-0.15, -0.1) is 5.10 Å². The van der Waals surface area contributed by atoms with Gasteiger partial charge in [-0.05, 0) is 37.9 Å². The van der Waals surface area contributed by atoms with Gasteiger partial charge in [0, 0.05) is 0 Å². The van der Waals surface area contributed by atoms with Gasteiger partial charge < -0.3 is 5.73 Å². The quantitative estimate of drug-likeness (QED) is 0.801. The normalized spacial score (nSPS) is 10.7. The highest BCUT2D eigenvalue weighted by Crippen LogP contribution is 2.12. The molecule has 0 saturated heterocycles. The molecule has 1 aromatic carbocycles. The maximum atomic E-state index is 13.5. The first kappa shape index (κ1) is 11.7. The fraction of sp³-hybridized carbons (Fsp3) is 0.333. The number of hydrogen-bond acceptors (Lipinski definition) is 3. The van der Waals surface area contributed by atoms with Crippen molar-refractivity contribution in [3.63, 3.8) is 0 Å². The lowest BCUT2D eigenvalue weighted by Gasteiger charge is -2.00. The van der Waals surface area contributed by atoms with Gasteiger partial charge in [-0.3, -0.25) is 0 Å². The molecule has 2 rings (SSSR count). The Morgan fingerprint density at radius 1 is 1.24 bits per heavy atom. The molecule has 2 N–H and O–H groups in total. The van der Waals surface area contributed by atoms with Gasteiger partial charge in [-0.2, -0.15) is 0 Å². The fourth-order valence-corrected chi connectivity index (χ4v) is 1.62. The number of para-hydroxylation sites is 1. The fourth-order valence-electron chi connectivity index (χ4n) is 1.62. The van der Waals surface area contributed by atoms with Gasteiger partial charge in [0.2, 0.25) is 0 Å². The molecular weight excluding hydrogens is 219 g/mol. The van der Waals surface area contributed by atoms with E-state index in [1.54, 1.807) is 24.4 Å². The van der Waals surface area contributed by atoms with Crippen molar-refractivity contribution in [2.24, 2.45) is 5.73 Å². The Kier molecular flexibility index (Phi) is 3.82. The second kappa shape index (κ2) is 5.54. The van der Waals surface area contributed by atoms with Gasteiger partial charge >= 0.3 is 0 Å². The molecule has 5 heteroatoms. The number of halogens is 1. The Hall–Kier alpha value is -1.75. The summed E-state index contributed by atoms with van der Waals surface area (Å²) in [6.07, 6.45) is 4.53. The molecule has 0 atom stereocenters. The average Bonchev–Trinajstić information content (AvgIpc) is 2.79. The minimum Gasteiger partial charge on any atom is -0.330 e. The molecule has 0 fully saturated rings. The number of nitrogens with zero attached hydrogens (tertiary/aromatic N) is 3. The molecule has 0 unspecified atom stereocenters. The van der Waals surface area contributed by atoms with E-state index in [1.165, 1.54) is 10.7 Å². The van der Waals surface area contributed by atoms with Gasteiger partial charge in [0.25, 0.3) is 0 Å². The van der Waals surface area contributed by atoms with Crippen molar-refractivity contribution in [2.45, 2.75) is 19.3 Å². The van der Waals surface area contributed by atoms with Crippen LogP contribution in [0.4, 0.5) is 4.39 Å². The van der Waals surface area contributed by atoms with Crippen LogP contribution in [0.5, 0.6) is 0 Å². The number of unbranched alkanes of at least 4 members (excludes halogenated alkanes) is 1. The van der Waals surface area contributed by atoms with Crippen LogP contribution in [0.25, 0.3) is 5.69 Å². The van der Waals surface area contributed by atoms with Gasteiger partial charge in [0.1, 0.15) is 11.5 Å². The topological polar surface area (TPSA) is 56.7 Å². The lowest BCUT2D eigenvalue weighted by molar-refractivity contribution is 0.607. The van der Waals surface area contributed by atoms with Crippen LogP contribution in [0.2, 0.25) is 0 Å². The molecule has 0 aliphatic rings. The zero-order valence-electron chi connectivity index (χ0n) is 9.51. The molecule has 0 saturated carbocycles. The van der Waals surface area contributed by atoms with Crippen molar-refractivity contribution in [1.29, 1.82) is 0 Å². The van der Waals surface area contributed by atoms with E-state index in [0.717, 1.165) is 25.0 Å². The monoisotopic (exact) mass is 234 g/mol. The van der Waals surface area contributed by atoms with Crippen LogP contribution in [0.1, 0.15) is 18.5 Å². The summed E-state index contributed by atoms with van der Waals surface area (Å²) in [4.78, 5) is 0. The van der Waals surface area contributed by atoms with Crippen molar-refractivity contribution in [3.05, 3.63) is 42.0 Å². The molecule has 0 bridgehead atoms. The van der Waals surface area contributed by atoms with Crippen molar-refractivity contribution in [2.75, 3.05) is 6.54 Å². The maximum Gasteiger partial charge on any atom is 0.148 e. The van der Waals surface area contributed by atoms with Crippen molar-refractivity contribution in [3.8, 4) is 5.69 Å². The third kappa shape index (κ3) is 2.88. The third-order valence-electron chi connectivity index (χ3n) is 2.53. The van der Waals surface area contributed by atoms with Gasteiger partial charge in [-0.1, -0.05) is 17.3 Å². The first-order chi connectivity index (χ1) is 8.31. The van der Waals surface area contributed by atoms with Crippen molar-refractivity contribution < 1.29 is 4.39 Å². The summed E-state index contributed by atoms with van der Waals surface area (Å²) < 4.78 is 15.0. The summed E-state index contributed by atoms with van der Waals surface area (Å²) in [6.45, 7) is 0.682. The number of rotatable bonds is 5. The molecule has 0 amide bonds. The highest BCUT2D eigenvalue weighted by molar-refractivity contribution is 5.32. The number of aryl methyl sites for hydroxylation is 1. The summed E-state index contributed by atoms with van der Waals surface area (Å²) in [5, 5.41) is 7.93. The Morgan fingerprint density at radius 3 is 2.82 bits per heavy atom. The standard InChI is InChI=1S/C12H15FN4/c13-11-6-1-2-7-12(11)17-9-10(15-16-17)5-3-4-8-14/h1-2,6-7,9H,3-5,8,14H2. The Balaban J connectivity index is 2.10. The first-order valence-corrected chi connectivity index (χ1v) is 5.67. The maximum absolute atomic E-state index is 13.5. The summed E-state index contributed by atoms with van der Waals surface area (Å²) in [5.74, 6) is -0.300. The summed E-state index contributed by atoms with van der Waals surface area (Å²) in [6, 6.07) is 6.50. The highest BCUT2D eigenvalue weighted by Gasteiger charge is 2.06. The molecule has 4 nitrogen and oxygen atoms in total. The molecule has 0 spiro atoms. The lowest BCUT2D eigenvalue weighted by Crippen LogP contribution is -1.99. The van der Waals surface area contributed by atoms with Crippen LogP contribution in [0.15, 0.2) is 30.5 Å². The van der Waals surface area contributed by atoms with Crippen LogP contribution < -0.4 is 5.73 Å². The van der Waals surface area contributed by atoms with E-state index in [4.69, 9.17) is 5.73 Å². The van der Waals surface area contributed by atoms with E-state index in [1.807, 2.05) is 0 Å². The van der Waals surface area contributed by atoms with E-state index < -0.39 is 0 Å². The lowest BCUT2D eigenvalue weighted by atomic mass is 10.2. The molecule has 0 aliphatic carbocycles. The molecule has 90 valence electrons. The van der Waals surface area contributed by atoms with Crippen LogP contribution in [-0.4, -0.2) is 21.5 Å². The second-order valence-electron chi connectivity index (χ2n) is 3.85. The van der Waals surface area contributed by atoms with Crippen LogP contribution >= 0.6 is 0 Å². The second-order valence-corrected chi connectivity index (χ2v) is 3.85.